The first-order valence-electron chi connectivity index (χ1n) is 5.93. The van der Waals surface area contributed by atoms with Gasteiger partial charge in [0, 0.05) is 10.5 Å². The van der Waals surface area contributed by atoms with Gasteiger partial charge in [0.05, 0.1) is 4.92 Å². The number of hydrogen-bond acceptors (Lipinski definition) is 3. The highest BCUT2D eigenvalue weighted by atomic mass is 79.9. The van der Waals surface area contributed by atoms with Gasteiger partial charge in [0.1, 0.15) is 6.10 Å². The molecule has 18 heavy (non-hydrogen) atoms. The first-order valence-corrected chi connectivity index (χ1v) is 6.72. The van der Waals surface area contributed by atoms with Crippen LogP contribution in [0.3, 0.4) is 0 Å². The summed E-state index contributed by atoms with van der Waals surface area (Å²) in [5, 5.41) is 11.0. The zero-order chi connectivity index (χ0) is 13.9. The largest absolute Gasteiger partial charge is 0.483 e. The molecule has 0 aliphatic heterocycles. The third kappa shape index (κ3) is 3.70. The molecule has 0 aliphatic rings. The van der Waals surface area contributed by atoms with Gasteiger partial charge in [-0.3, -0.25) is 10.1 Å². The van der Waals surface area contributed by atoms with Crippen molar-refractivity contribution in [1.82, 2.24) is 0 Å². The smallest absolute Gasteiger partial charge is 0.312 e. The van der Waals surface area contributed by atoms with Gasteiger partial charge in [-0.1, -0.05) is 43.6 Å². The van der Waals surface area contributed by atoms with E-state index in [1.807, 2.05) is 0 Å². The van der Waals surface area contributed by atoms with Crippen LogP contribution in [0.5, 0.6) is 5.75 Å². The Bertz CT molecular complexity index is 424. The zero-order valence-electron chi connectivity index (χ0n) is 11.0. The Morgan fingerprint density at radius 3 is 2.22 bits per heavy atom. The molecular formula is C13H18BrNO3. The van der Waals surface area contributed by atoms with E-state index in [9.17, 15) is 10.1 Å². The molecule has 0 saturated carbocycles. The highest BCUT2D eigenvalue weighted by Crippen LogP contribution is 2.32. The molecule has 0 radical (unpaired) electrons. The predicted molar refractivity (Wildman–Crippen MR) is 74.9 cm³/mol. The predicted octanol–water partition coefficient (Wildman–Crippen LogP) is 4.42. The molecule has 0 unspecified atom stereocenters. The quantitative estimate of drug-likeness (QED) is 0.597. The maximum Gasteiger partial charge on any atom is 0.312 e. The number of nitro benzene ring substituents is 1. The number of nitro groups is 1. The van der Waals surface area contributed by atoms with Gasteiger partial charge >= 0.3 is 5.69 Å². The Balaban J connectivity index is 3.06. The van der Waals surface area contributed by atoms with Crippen molar-refractivity contribution in [2.45, 2.75) is 33.8 Å². The van der Waals surface area contributed by atoms with E-state index in [4.69, 9.17) is 4.74 Å². The fourth-order valence-electron chi connectivity index (χ4n) is 1.92. The lowest BCUT2D eigenvalue weighted by atomic mass is 9.96. The molecule has 0 aliphatic carbocycles. The summed E-state index contributed by atoms with van der Waals surface area (Å²) in [5.41, 5.74) is -0.00400. The number of ether oxygens (including phenoxy) is 1. The van der Waals surface area contributed by atoms with Crippen molar-refractivity contribution in [3.05, 3.63) is 32.8 Å². The Labute approximate surface area is 116 Å². The first-order chi connectivity index (χ1) is 8.32. The lowest BCUT2D eigenvalue weighted by Gasteiger charge is -2.25. The second kappa shape index (κ2) is 6.18. The molecule has 5 heteroatoms. The lowest BCUT2D eigenvalue weighted by molar-refractivity contribution is -0.386. The van der Waals surface area contributed by atoms with Crippen LogP contribution in [0.4, 0.5) is 5.69 Å². The number of nitrogens with zero attached hydrogens (tertiary/aromatic N) is 1. The minimum absolute atomic E-state index is 0.00400. The highest BCUT2D eigenvalue weighted by Gasteiger charge is 2.24. The second-order valence-corrected chi connectivity index (χ2v) is 5.86. The SMILES string of the molecule is CC(C)C(Oc1ccc(Br)cc1[N+](=O)[O-])C(C)C. The Kier molecular flexibility index (Phi) is 5.14. The van der Waals surface area contributed by atoms with Crippen LogP contribution in [-0.4, -0.2) is 11.0 Å². The van der Waals surface area contributed by atoms with Crippen LogP contribution < -0.4 is 4.74 Å². The van der Waals surface area contributed by atoms with Crippen LogP contribution in [0, 0.1) is 22.0 Å². The molecule has 0 atom stereocenters. The molecule has 1 rings (SSSR count). The normalized spacial score (nSPS) is 11.3. The summed E-state index contributed by atoms with van der Waals surface area (Å²) < 4.78 is 6.50. The maximum absolute atomic E-state index is 11.0. The second-order valence-electron chi connectivity index (χ2n) is 4.94. The van der Waals surface area contributed by atoms with E-state index in [0.29, 0.717) is 22.1 Å². The van der Waals surface area contributed by atoms with E-state index < -0.39 is 4.92 Å². The molecule has 4 nitrogen and oxygen atoms in total. The van der Waals surface area contributed by atoms with Gasteiger partial charge in [-0.25, -0.2) is 0 Å². The van der Waals surface area contributed by atoms with E-state index in [1.54, 1.807) is 12.1 Å². The number of halogens is 1. The molecule has 0 aromatic heterocycles. The maximum atomic E-state index is 11.0. The van der Waals surface area contributed by atoms with Crippen LogP contribution in [0.1, 0.15) is 27.7 Å². The van der Waals surface area contributed by atoms with Crippen molar-refractivity contribution in [3.8, 4) is 5.75 Å². The van der Waals surface area contributed by atoms with Gasteiger partial charge in [0.2, 0.25) is 0 Å². The van der Waals surface area contributed by atoms with Crippen molar-refractivity contribution >= 4 is 21.6 Å². The van der Waals surface area contributed by atoms with Gasteiger partial charge in [0.25, 0.3) is 0 Å². The molecule has 0 heterocycles. The van der Waals surface area contributed by atoms with Crippen molar-refractivity contribution < 1.29 is 9.66 Å². The van der Waals surface area contributed by atoms with Crippen molar-refractivity contribution in [2.75, 3.05) is 0 Å². The van der Waals surface area contributed by atoms with E-state index in [-0.39, 0.29) is 11.8 Å². The number of rotatable bonds is 5. The number of hydrogen-bond donors (Lipinski definition) is 0. The van der Waals surface area contributed by atoms with Crippen molar-refractivity contribution in [2.24, 2.45) is 11.8 Å². The number of benzene rings is 1. The van der Waals surface area contributed by atoms with Crippen molar-refractivity contribution in [1.29, 1.82) is 0 Å². The molecule has 1 aromatic rings. The Hall–Kier alpha value is -1.10. The topological polar surface area (TPSA) is 52.4 Å². The van der Waals surface area contributed by atoms with Crippen LogP contribution in [0.2, 0.25) is 0 Å². The van der Waals surface area contributed by atoms with Crippen LogP contribution in [0.15, 0.2) is 22.7 Å². The third-order valence-corrected chi connectivity index (χ3v) is 3.19. The molecule has 0 fully saturated rings. The monoisotopic (exact) mass is 315 g/mol. The fraction of sp³-hybridized carbons (Fsp3) is 0.538. The third-order valence-electron chi connectivity index (χ3n) is 2.69. The van der Waals surface area contributed by atoms with E-state index >= 15 is 0 Å². The van der Waals surface area contributed by atoms with Crippen LogP contribution >= 0.6 is 15.9 Å². The molecule has 0 N–H and O–H groups in total. The van der Waals surface area contributed by atoms with Gasteiger partial charge in [-0.05, 0) is 24.0 Å². The summed E-state index contributed by atoms with van der Waals surface area (Å²) in [7, 11) is 0. The van der Waals surface area contributed by atoms with Gasteiger partial charge < -0.3 is 4.74 Å². The Morgan fingerprint density at radius 1 is 1.22 bits per heavy atom. The van der Waals surface area contributed by atoms with E-state index in [1.165, 1.54) is 6.07 Å². The summed E-state index contributed by atoms with van der Waals surface area (Å²) in [6, 6.07) is 4.85. The summed E-state index contributed by atoms with van der Waals surface area (Å²) in [5.74, 6) is 0.928. The van der Waals surface area contributed by atoms with Gasteiger partial charge in [-0.15, -0.1) is 0 Å². The summed E-state index contributed by atoms with van der Waals surface area (Å²) in [4.78, 5) is 10.6. The fourth-order valence-corrected chi connectivity index (χ4v) is 2.27. The van der Waals surface area contributed by atoms with E-state index in [0.717, 1.165) is 0 Å². The van der Waals surface area contributed by atoms with E-state index in [2.05, 4.69) is 43.6 Å². The first kappa shape index (κ1) is 15.0. The van der Waals surface area contributed by atoms with Crippen LogP contribution in [-0.2, 0) is 0 Å². The van der Waals surface area contributed by atoms with Gasteiger partial charge in [-0.2, -0.15) is 0 Å². The lowest BCUT2D eigenvalue weighted by Crippen LogP contribution is -2.29. The molecular weight excluding hydrogens is 298 g/mol. The highest BCUT2D eigenvalue weighted by molar-refractivity contribution is 9.10. The molecule has 1 aromatic carbocycles. The average molecular weight is 316 g/mol. The minimum Gasteiger partial charge on any atom is -0.483 e. The molecule has 0 amide bonds. The average Bonchev–Trinajstić information content (AvgIpc) is 2.25. The summed E-state index contributed by atoms with van der Waals surface area (Å²) in [6.07, 6.45) is -0.0372. The molecule has 0 saturated heterocycles. The zero-order valence-corrected chi connectivity index (χ0v) is 12.6. The summed E-state index contributed by atoms with van der Waals surface area (Å²) >= 11 is 3.23. The van der Waals surface area contributed by atoms with Crippen LogP contribution in [0.25, 0.3) is 0 Å². The summed E-state index contributed by atoms with van der Waals surface area (Å²) in [6.45, 7) is 8.20. The molecule has 0 spiro atoms. The molecule has 100 valence electrons. The molecule has 0 bridgehead atoms. The Morgan fingerprint density at radius 2 is 1.78 bits per heavy atom. The van der Waals surface area contributed by atoms with Gasteiger partial charge in [0.15, 0.2) is 5.75 Å². The standard InChI is InChI=1S/C13H18BrNO3/c1-8(2)13(9(3)4)18-12-6-5-10(14)7-11(12)15(16)17/h5-9,13H,1-4H3. The van der Waals surface area contributed by atoms with Crippen molar-refractivity contribution in [3.63, 3.8) is 0 Å². The minimum atomic E-state index is -0.419.